The first-order valence-corrected chi connectivity index (χ1v) is 3.76. The number of ether oxygens (including phenoxy) is 2. The molecule has 3 nitrogen and oxygen atoms in total. The van der Waals surface area contributed by atoms with Gasteiger partial charge in [-0.25, -0.2) is 0 Å². The molecule has 0 spiro atoms. The second kappa shape index (κ2) is 7.72. The lowest BCUT2D eigenvalue weighted by Gasteiger charge is -2.12. The van der Waals surface area contributed by atoms with Gasteiger partial charge in [-0.1, -0.05) is 12.2 Å². The third-order valence-corrected chi connectivity index (χ3v) is 1.28. The lowest BCUT2D eigenvalue weighted by atomic mass is 10.4. The second-order valence-electron chi connectivity index (χ2n) is 2.22. The van der Waals surface area contributed by atoms with Crippen LogP contribution >= 0.6 is 0 Å². The molecule has 0 aromatic carbocycles. The topological polar surface area (TPSA) is 44.5 Å². The molecule has 1 atom stereocenters. The van der Waals surface area contributed by atoms with Crippen LogP contribution < -0.4 is 5.73 Å². The Morgan fingerprint density at radius 3 is 2.73 bits per heavy atom. The number of hydrogen-bond acceptors (Lipinski definition) is 3. The van der Waals surface area contributed by atoms with Crippen molar-refractivity contribution in [3.05, 3.63) is 12.2 Å². The molecule has 1 unspecified atom stereocenters. The summed E-state index contributed by atoms with van der Waals surface area (Å²) in [6.45, 7) is 3.64. The summed E-state index contributed by atoms with van der Waals surface area (Å²) in [6, 6.07) is 0. The van der Waals surface area contributed by atoms with Crippen molar-refractivity contribution in [2.75, 3.05) is 26.9 Å². The maximum absolute atomic E-state index is 5.41. The number of hydrogen-bond donors (Lipinski definition) is 1. The molecule has 0 rings (SSSR count). The van der Waals surface area contributed by atoms with Gasteiger partial charge in [0.15, 0.2) is 0 Å². The largest absolute Gasteiger partial charge is 0.382 e. The average Bonchev–Trinajstić information content (AvgIpc) is 2.03. The van der Waals surface area contributed by atoms with Crippen molar-refractivity contribution < 1.29 is 9.47 Å². The van der Waals surface area contributed by atoms with Crippen LogP contribution in [0.3, 0.4) is 0 Å². The number of methoxy groups -OCH3 is 1. The van der Waals surface area contributed by atoms with Crippen molar-refractivity contribution in [1.29, 1.82) is 0 Å². The molecule has 66 valence electrons. The molecule has 0 saturated heterocycles. The number of nitrogens with two attached hydrogens (primary N) is 1. The molecule has 11 heavy (non-hydrogen) atoms. The molecule has 0 aliphatic rings. The second-order valence-corrected chi connectivity index (χ2v) is 2.22. The molecular formula is C8H17NO2. The van der Waals surface area contributed by atoms with Crippen LogP contribution in [0.25, 0.3) is 0 Å². The van der Waals surface area contributed by atoms with Crippen LogP contribution in [-0.4, -0.2) is 33.0 Å². The minimum atomic E-state index is 0.0243. The molecule has 0 bridgehead atoms. The Bertz CT molecular complexity index is 104. The first-order chi connectivity index (χ1) is 5.35. The quantitative estimate of drug-likeness (QED) is 0.576. The summed E-state index contributed by atoms with van der Waals surface area (Å²) in [6.07, 6.45) is 3.91. The fraction of sp³-hybridized carbons (Fsp3) is 0.750. The Morgan fingerprint density at radius 2 is 2.27 bits per heavy atom. The van der Waals surface area contributed by atoms with Crippen molar-refractivity contribution in [1.82, 2.24) is 0 Å². The smallest absolute Gasteiger partial charge is 0.0934 e. The van der Waals surface area contributed by atoms with Crippen molar-refractivity contribution >= 4 is 0 Å². The van der Waals surface area contributed by atoms with Crippen molar-refractivity contribution in [2.45, 2.75) is 13.0 Å². The summed E-state index contributed by atoms with van der Waals surface area (Å²) in [7, 11) is 1.64. The zero-order valence-electron chi connectivity index (χ0n) is 7.25. The monoisotopic (exact) mass is 159 g/mol. The highest BCUT2D eigenvalue weighted by Crippen LogP contribution is 1.90. The van der Waals surface area contributed by atoms with E-state index in [0.29, 0.717) is 19.8 Å². The fourth-order valence-corrected chi connectivity index (χ4v) is 0.658. The summed E-state index contributed by atoms with van der Waals surface area (Å²) >= 11 is 0. The molecular weight excluding hydrogens is 142 g/mol. The van der Waals surface area contributed by atoms with E-state index in [1.165, 1.54) is 0 Å². The van der Waals surface area contributed by atoms with Gasteiger partial charge in [0.05, 0.1) is 19.3 Å². The van der Waals surface area contributed by atoms with Crippen molar-refractivity contribution in [2.24, 2.45) is 5.73 Å². The van der Waals surface area contributed by atoms with E-state index in [0.717, 1.165) is 0 Å². The highest BCUT2D eigenvalue weighted by atomic mass is 16.5. The van der Waals surface area contributed by atoms with Gasteiger partial charge in [0, 0.05) is 13.7 Å². The van der Waals surface area contributed by atoms with Gasteiger partial charge in [-0.3, -0.25) is 0 Å². The third-order valence-electron chi connectivity index (χ3n) is 1.28. The van der Waals surface area contributed by atoms with E-state index in [-0.39, 0.29) is 6.10 Å². The number of rotatable bonds is 6. The molecule has 0 aliphatic carbocycles. The molecule has 0 radical (unpaired) electrons. The van der Waals surface area contributed by atoms with Crippen LogP contribution in [0.15, 0.2) is 12.2 Å². The van der Waals surface area contributed by atoms with Gasteiger partial charge in [0.1, 0.15) is 0 Å². The van der Waals surface area contributed by atoms with Gasteiger partial charge in [0.2, 0.25) is 0 Å². The molecule has 0 saturated carbocycles. The van der Waals surface area contributed by atoms with Crippen LogP contribution in [0.1, 0.15) is 6.92 Å². The van der Waals surface area contributed by atoms with E-state index in [1.54, 1.807) is 7.11 Å². The Balaban J connectivity index is 3.35. The lowest BCUT2D eigenvalue weighted by molar-refractivity contribution is 0.0169. The normalized spacial score (nSPS) is 14.1. The molecule has 0 fully saturated rings. The molecule has 3 heteroatoms. The molecule has 2 N–H and O–H groups in total. The highest BCUT2D eigenvalue weighted by Gasteiger charge is 2.03. The summed E-state index contributed by atoms with van der Waals surface area (Å²) in [5.41, 5.74) is 5.41. The van der Waals surface area contributed by atoms with Gasteiger partial charge in [-0.2, -0.15) is 0 Å². The maximum Gasteiger partial charge on any atom is 0.0934 e. The highest BCUT2D eigenvalue weighted by molar-refractivity contribution is 4.76. The zero-order chi connectivity index (χ0) is 8.53. The van der Waals surface area contributed by atoms with E-state index in [1.807, 2.05) is 19.1 Å². The van der Waals surface area contributed by atoms with Crippen molar-refractivity contribution in [3.8, 4) is 0 Å². The van der Waals surface area contributed by atoms with Crippen LogP contribution in [0, 0.1) is 0 Å². The third kappa shape index (κ3) is 6.04. The SMILES string of the molecule is C/C=C/COC(CN)COC. The molecule has 0 aromatic rings. The average molecular weight is 159 g/mol. The van der Waals surface area contributed by atoms with Crippen LogP contribution in [-0.2, 0) is 9.47 Å². The summed E-state index contributed by atoms with van der Waals surface area (Å²) in [4.78, 5) is 0. The Kier molecular flexibility index (Phi) is 7.46. The van der Waals surface area contributed by atoms with Crippen LogP contribution in [0.5, 0.6) is 0 Å². The summed E-state index contributed by atoms with van der Waals surface area (Å²) < 4.78 is 10.2. The zero-order valence-corrected chi connectivity index (χ0v) is 7.25. The van der Waals surface area contributed by atoms with Gasteiger partial charge in [-0.15, -0.1) is 0 Å². The van der Waals surface area contributed by atoms with E-state index in [9.17, 15) is 0 Å². The van der Waals surface area contributed by atoms with E-state index in [4.69, 9.17) is 15.2 Å². The van der Waals surface area contributed by atoms with Gasteiger partial charge < -0.3 is 15.2 Å². The van der Waals surface area contributed by atoms with Gasteiger partial charge in [0.25, 0.3) is 0 Å². The molecule has 0 aliphatic heterocycles. The molecule has 0 amide bonds. The minimum Gasteiger partial charge on any atom is -0.382 e. The molecule has 0 aromatic heterocycles. The van der Waals surface area contributed by atoms with Gasteiger partial charge in [-0.05, 0) is 6.92 Å². The van der Waals surface area contributed by atoms with Crippen LogP contribution in [0.4, 0.5) is 0 Å². The predicted octanol–water partition coefficient (Wildman–Crippen LogP) is 0.553. The van der Waals surface area contributed by atoms with Crippen LogP contribution in [0.2, 0.25) is 0 Å². The maximum atomic E-state index is 5.41. The Labute approximate surface area is 68.2 Å². The van der Waals surface area contributed by atoms with E-state index >= 15 is 0 Å². The fourth-order valence-electron chi connectivity index (χ4n) is 0.658. The summed E-state index contributed by atoms with van der Waals surface area (Å²) in [5.74, 6) is 0. The first kappa shape index (κ1) is 10.6. The predicted molar refractivity (Wildman–Crippen MR) is 45.5 cm³/mol. The van der Waals surface area contributed by atoms with E-state index in [2.05, 4.69) is 0 Å². The lowest BCUT2D eigenvalue weighted by Crippen LogP contribution is -2.28. The molecule has 0 heterocycles. The standard InChI is InChI=1S/C8H17NO2/c1-3-4-5-11-8(6-9)7-10-2/h3-4,8H,5-7,9H2,1-2H3/b4-3+. The summed E-state index contributed by atoms with van der Waals surface area (Å²) in [5, 5.41) is 0. The van der Waals surface area contributed by atoms with Crippen molar-refractivity contribution in [3.63, 3.8) is 0 Å². The number of allylic oxidation sites excluding steroid dienone is 1. The minimum absolute atomic E-state index is 0.0243. The first-order valence-electron chi connectivity index (χ1n) is 3.76. The Morgan fingerprint density at radius 1 is 1.55 bits per heavy atom. The van der Waals surface area contributed by atoms with E-state index < -0.39 is 0 Å². The Hall–Kier alpha value is -0.380. The van der Waals surface area contributed by atoms with Gasteiger partial charge >= 0.3 is 0 Å².